The zero-order valence-corrected chi connectivity index (χ0v) is 8.15. The van der Waals surface area contributed by atoms with Crippen LogP contribution < -0.4 is 5.32 Å². The minimum atomic E-state index is -0.319. The largest absolute Gasteiger partial charge is 0.366 e. The Kier molecular flexibility index (Phi) is 2.93. The average Bonchev–Trinajstić information content (AvgIpc) is 2.30. The summed E-state index contributed by atoms with van der Waals surface area (Å²) in [6.07, 6.45) is 1.20. The van der Waals surface area contributed by atoms with Gasteiger partial charge >= 0.3 is 0 Å². The minimum absolute atomic E-state index is 0.319. The molecule has 2 aromatic rings. The van der Waals surface area contributed by atoms with Crippen LogP contribution in [0.4, 0.5) is 10.2 Å². The highest BCUT2D eigenvalue weighted by Crippen LogP contribution is 2.06. The molecule has 0 bridgehead atoms. The third-order valence-corrected chi connectivity index (χ3v) is 2.04. The van der Waals surface area contributed by atoms with Crippen molar-refractivity contribution in [2.24, 2.45) is 0 Å². The van der Waals surface area contributed by atoms with Gasteiger partial charge in [0.05, 0.1) is 6.20 Å². The molecule has 1 N–H and O–H groups in total. The molecule has 0 fully saturated rings. The summed E-state index contributed by atoms with van der Waals surface area (Å²) >= 11 is 0. The van der Waals surface area contributed by atoms with E-state index in [0.717, 1.165) is 0 Å². The van der Waals surface area contributed by atoms with Crippen molar-refractivity contribution in [2.45, 2.75) is 6.54 Å². The van der Waals surface area contributed by atoms with Crippen molar-refractivity contribution >= 4 is 5.82 Å². The monoisotopic (exact) mass is 202 g/mol. The van der Waals surface area contributed by atoms with Crippen molar-refractivity contribution in [1.82, 2.24) is 4.98 Å². The molecular weight excluding hydrogens is 191 g/mol. The molecule has 0 unspecified atom stereocenters. The van der Waals surface area contributed by atoms with Gasteiger partial charge in [-0.1, -0.05) is 30.3 Å². The number of halogens is 1. The van der Waals surface area contributed by atoms with Gasteiger partial charge in [-0.2, -0.15) is 0 Å². The smallest absolute Gasteiger partial charge is 0.141 e. The Bertz CT molecular complexity index is 411. The summed E-state index contributed by atoms with van der Waals surface area (Å²) in [5.74, 6) is 0.362. The Morgan fingerprint density at radius 1 is 1.07 bits per heavy atom. The Labute approximate surface area is 87.8 Å². The summed E-state index contributed by atoms with van der Waals surface area (Å²) in [7, 11) is 0. The van der Waals surface area contributed by atoms with E-state index in [0.29, 0.717) is 12.4 Å². The van der Waals surface area contributed by atoms with Crippen LogP contribution in [0.2, 0.25) is 0 Å². The lowest BCUT2D eigenvalue weighted by Crippen LogP contribution is -2.00. The number of benzene rings is 1. The van der Waals surface area contributed by atoms with E-state index in [1.807, 2.05) is 30.3 Å². The lowest BCUT2D eigenvalue weighted by Gasteiger charge is -2.04. The maximum Gasteiger partial charge on any atom is 0.141 e. The van der Waals surface area contributed by atoms with Gasteiger partial charge in [0.1, 0.15) is 11.6 Å². The van der Waals surface area contributed by atoms with Crippen molar-refractivity contribution in [3.05, 3.63) is 60.0 Å². The van der Waals surface area contributed by atoms with Gasteiger partial charge in [-0.25, -0.2) is 9.37 Å². The fraction of sp³-hybridized carbons (Fsp3) is 0.0833. The molecule has 3 heteroatoms. The molecule has 2 rings (SSSR count). The van der Waals surface area contributed by atoms with Crippen LogP contribution in [0.5, 0.6) is 0 Å². The topological polar surface area (TPSA) is 24.9 Å². The van der Waals surface area contributed by atoms with Gasteiger partial charge in [0.15, 0.2) is 0 Å². The average molecular weight is 202 g/mol. The van der Waals surface area contributed by atoms with Crippen LogP contribution in [0.3, 0.4) is 0 Å². The van der Waals surface area contributed by atoms with Crippen molar-refractivity contribution in [1.29, 1.82) is 0 Å². The van der Waals surface area contributed by atoms with Gasteiger partial charge in [-0.05, 0) is 17.7 Å². The maximum absolute atomic E-state index is 12.6. The second-order valence-electron chi connectivity index (χ2n) is 3.20. The van der Waals surface area contributed by atoms with Crippen molar-refractivity contribution in [2.75, 3.05) is 5.32 Å². The highest BCUT2D eigenvalue weighted by molar-refractivity contribution is 5.34. The van der Waals surface area contributed by atoms with Gasteiger partial charge in [-0.3, -0.25) is 0 Å². The van der Waals surface area contributed by atoms with E-state index in [2.05, 4.69) is 10.3 Å². The van der Waals surface area contributed by atoms with Crippen molar-refractivity contribution in [3.63, 3.8) is 0 Å². The number of pyridine rings is 1. The summed E-state index contributed by atoms with van der Waals surface area (Å²) in [5.41, 5.74) is 1.17. The number of nitrogens with zero attached hydrogens (tertiary/aromatic N) is 1. The summed E-state index contributed by atoms with van der Waals surface area (Å²) < 4.78 is 12.6. The number of rotatable bonds is 3. The molecule has 0 amide bonds. The number of nitrogens with one attached hydrogen (secondary N) is 1. The molecule has 2 nitrogen and oxygen atoms in total. The van der Waals surface area contributed by atoms with Gasteiger partial charge in [-0.15, -0.1) is 0 Å². The molecule has 76 valence electrons. The first-order valence-corrected chi connectivity index (χ1v) is 4.74. The first kappa shape index (κ1) is 9.65. The highest BCUT2D eigenvalue weighted by Gasteiger charge is 1.94. The number of anilines is 1. The third kappa shape index (κ3) is 2.77. The zero-order valence-electron chi connectivity index (χ0n) is 8.15. The number of aromatic nitrogens is 1. The quantitative estimate of drug-likeness (QED) is 0.827. The summed E-state index contributed by atoms with van der Waals surface area (Å²) in [6, 6.07) is 13.0. The summed E-state index contributed by atoms with van der Waals surface area (Å²) in [4.78, 5) is 3.91. The molecule has 0 saturated heterocycles. The molecule has 0 radical (unpaired) electrons. The Morgan fingerprint density at radius 3 is 2.53 bits per heavy atom. The second-order valence-corrected chi connectivity index (χ2v) is 3.20. The maximum atomic E-state index is 12.6. The number of hydrogen-bond donors (Lipinski definition) is 1. The molecule has 0 aliphatic heterocycles. The van der Waals surface area contributed by atoms with Crippen LogP contribution in [0.25, 0.3) is 0 Å². The van der Waals surface area contributed by atoms with Crippen LogP contribution in [-0.2, 0) is 6.54 Å². The molecule has 0 spiro atoms. The lowest BCUT2D eigenvalue weighted by molar-refractivity contribution is 0.621. The van der Waals surface area contributed by atoms with Gasteiger partial charge in [0.25, 0.3) is 0 Å². The molecule has 15 heavy (non-hydrogen) atoms. The zero-order chi connectivity index (χ0) is 10.5. The van der Waals surface area contributed by atoms with E-state index in [9.17, 15) is 4.39 Å². The van der Waals surface area contributed by atoms with Crippen molar-refractivity contribution in [3.8, 4) is 0 Å². The molecule has 1 aromatic carbocycles. The SMILES string of the molecule is Fc1ccc(NCc2ccccc2)nc1. The van der Waals surface area contributed by atoms with Gasteiger partial charge in [0, 0.05) is 6.54 Å². The van der Waals surface area contributed by atoms with E-state index in [1.54, 1.807) is 6.07 Å². The molecule has 1 aromatic heterocycles. The van der Waals surface area contributed by atoms with E-state index in [1.165, 1.54) is 17.8 Å². The molecule has 1 heterocycles. The predicted octanol–water partition coefficient (Wildman–Crippen LogP) is 2.83. The van der Waals surface area contributed by atoms with Gasteiger partial charge in [0.2, 0.25) is 0 Å². The van der Waals surface area contributed by atoms with Crippen LogP contribution >= 0.6 is 0 Å². The van der Waals surface area contributed by atoms with E-state index in [4.69, 9.17) is 0 Å². The normalized spacial score (nSPS) is 9.93. The number of hydrogen-bond acceptors (Lipinski definition) is 2. The fourth-order valence-corrected chi connectivity index (χ4v) is 1.27. The van der Waals surface area contributed by atoms with Crippen LogP contribution in [0, 0.1) is 5.82 Å². The summed E-state index contributed by atoms with van der Waals surface area (Å²) in [6.45, 7) is 0.694. The standard InChI is InChI=1S/C12H11FN2/c13-11-6-7-12(15-9-11)14-8-10-4-2-1-3-5-10/h1-7,9H,8H2,(H,14,15). The van der Waals surface area contributed by atoms with E-state index >= 15 is 0 Å². The molecule has 0 atom stereocenters. The first-order chi connectivity index (χ1) is 7.34. The lowest BCUT2D eigenvalue weighted by atomic mass is 10.2. The fourth-order valence-electron chi connectivity index (χ4n) is 1.27. The Balaban J connectivity index is 1.96. The second kappa shape index (κ2) is 4.55. The third-order valence-electron chi connectivity index (χ3n) is 2.04. The van der Waals surface area contributed by atoms with Crippen molar-refractivity contribution < 1.29 is 4.39 Å². The predicted molar refractivity (Wildman–Crippen MR) is 58.0 cm³/mol. The van der Waals surface area contributed by atoms with E-state index in [-0.39, 0.29) is 5.82 Å². The molecule has 0 aliphatic carbocycles. The van der Waals surface area contributed by atoms with Crippen LogP contribution in [-0.4, -0.2) is 4.98 Å². The van der Waals surface area contributed by atoms with Crippen LogP contribution in [0.1, 0.15) is 5.56 Å². The highest BCUT2D eigenvalue weighted by atomic mass is 19.1. The summed E-state index contributed by atoms with van der Waals surface area (Å²) in [5, 5.41) is 3.11. The molecule has 0 aliphatic rings. The van der Waals surface area contributed by atoms with Crippen LogP contribution in [0.15, 0.2) is 48.7 Å². The minimum Gasteiger partial charge on any atom is -0.366 e. The molecular formula is C12H11FN2. The Morgan fingerprint density at radius 2 is 1.87 bits per heavy atom. The first-order valence-electron chi connectivity index (χ1n) is 4.74. The van der Waals surface area contributed by atoms with Gasteiger partial charge < -0.3 is 5.32 Å². The van der Waals surface area contributed by atoms with E-state index < -0.39 is 0 Å². The molecule has 0 saturated carbocycles. The Hall–Kier alpha value is -1.90.